The molecule has 0 rings (SSSR count). The van der Waals surface area contributed by atoms with Crippen LogP contribution in [0, 0.1) is 0 Å². The van der Waals surface area contributed by atoms with E-state index in [-0.39, 0.29) is 18.1 Å². The Hall–Kier alpha value is -0.610. The normalized spacial score (nSPS) is 15.4. The fourth-order valence-electron chi connectivity index (χ4n) is 1.65. The lowest BCUT2D eigenvalue weighted by molar-refractivity contribution is -0.124. The van der Waals surface area contributed by atoms with Crippen LogP contribution in [-0.4, -0.2) is 30.2 Å². The maximum Gasteiger partial charge on any atom is 0.237 e. The number of primary amides is 1. The SMILES string of the molecule is CC(C)NC(C)(CCCOC(C)C)C(N)=O. The molecule has 1 amide bonds. The smallest absolute Gasteiger partial charge is 0.237 e. The van der Waals surface area contributed by atoms with Crippen molar-refractivity contribution in [1.29, 1.82) is 0 Å². The van der Waals surface area contributed by atoms with Gasteiger partial charge in [-0.3, -0.25) is 4.79 Å². The first kappa shape index (κ1) is 15.4. The van der Waals surface area contributed by atoms with Gasteiger partial charge in [-0.2, -0.15) is 0 Å². The molecule has 0 spiro atoms. The molecule has 0 aliphatic heterocycles. The minimum Gasteiger partial charge on any atom is -0.379 e. The molecule has 0 aromatic rings. The van der Waals surface area contributed by atoms with Crippen molar-refractivity contribution < 1.29 is 9.53 Å². The Morgan fingerprint density at radius 1 is 1.38 bits per heavy atom. The van der Waals surface area contributed by atoms with E-state index in [1.54, 1.807) is 0 Å². The van der Waals surface area contributed by atoms with Crippen LogP contribution >= 0.6 is 0 Å². The van der Waals surface area contributed by atoms with Gasteiger partial charge >= 0.3 is 0 Å². The lowest BCUT2D eigenvalue weighted by Crippen LogP contribution is -2.55. The van der Waals surface area contributed by atoms with E-state index < -0.39 is 5.54 Å². The minimum atomic E-state index is -0.630. The quantitative estimate of drug-likeness (QED) is 0.620. The maximum absolute atomic E-state index is 11.4. The molecule has 0 radical (unpaired) electrons. The largest absolute Gasteiger partial charge is 0.379 e. The molecule has 0 aliphatic rings. The number of ether oxygens (including phenoxy) is 1. The molecule has 4 heteroatoms. The van der Waals surface area contributed by atoms with E-state index >= 15 is 0 Å². The van der Waals surface area contributed by atoms with Crippen molar-refractivity contribution in [1.82, 2.24) is 5.32 Å². The highest BCUT2D eigenvalue weighted by atomic mass is 16.5. The zero-order valence-corrected chi connectivity index (χ0v) is 11.2. The third kappa shape index (κ3) is 6.08. The molecule has 96 valence electrons. The monoisotopic (exact) mass is 230 g/mol. The fourth-order valence-corrected chi connectivity index (χ4v) is 1.65. The van der Waals surface area contributed by atoms with Gasteiger partial charge in [0, 0.05) is 12.6 Å². The molecule has 3 N–H and O–H groups in total. The van der Waals surface area contributed by atoms with Crippen molar-refractivity contribution in [2.24, 2.45) is 5.73 Å². The molecule has 0 aromatic heterocycles. The summed E-state index contributed by atoms with van der Waals surface area (Å²) in [4.78, 5) is 11.4. The number of nitrogens with two attached hydrogens (primary N) is 1. The zero-order chi connectivity index (χ0) is 12.8. The van der Waals surface area contributed by atoms with Gasteiger partial charge in [-0.15, -0.1) is 0 Å². The molecular weight excluding hydrogens is 204 g/mol. The zero-order valence-electron chi connectivity index (χ0n) is 11.2. The van der Waals surface area contributed by atoms with Crippen molar-refractivity contribution in [2.75, 3.05) is 6.61 Å². The van der Waals surface area contributed by atoms with Gasteiger partial charge in [0.25, 0.3) is 0 Å². The number of carbonyl (C=O) groups is 1. The van der Waals surface area contributed by atoms with E-state index in [0.717, 1.165) is 6.42 Å². The van der Waals surface area contributed by atoms with Crippen molar-refractivity contribution in [3.63, 3.8) is 0 Å². The molecule has 1 atom stereocenters. The number of rotatable bonds is 8. The number of amides is 1. The Bertz CT molecular complexity index is 217. The summed E-state index contributed by atoms with van der Waals surface area (Å²) in [5.74, 6) is -0.300. The lowest BCUT2D eigenvalue weighted by Gasteiger charge is -2.30. The van der Waals surface area contributed by atoms with Crippen LogP contribution in [0.3, 0.4) is 0 Å². The Morgan fingerprint density at radius 2 is 1.94 bits per heavy atom. The third-order valence-electron chi connectivity index (χ3n) is 2.42. The van der Waals surface area contributed by atoms with Gasteiger partial charge in [-0.1, -0.05) is 0 Å². The van der Waals surface area contributed by atoms with Crippen molar-refractivity contribution in [2.45, 2.75) is 65.1 Å². The second-order valence-corrected chi connectivity index (χ2v) is 5.02. The summed E-state index contributed by atoms with van der Waals surface area (Å²) < 4.78 is 5.44. The first-order chi connectivity index (χ1) is 7.28. The lowest BCUT2D eigenvalue weighted by atomic mass is 9.94. The standard InChI is InChI=1S/C12H26N2O2/c1-9(2)14-12(5,11(13)15)7-6-8-16-10(3)4/h9-10,14H,6-8H2,1-5H3,(H2,13,15). The van der Waals surface area contributed by atoms with E-state index in [0.29, 0.717) is 13.0 Å². The molecule has 0 aromatic carbocycles. The van der Waals surface area contributed by atoms with Gasteiger partial charge in [0.1, 0.15) is 0 Å². The first-order valence-electron chi connectivity index (χ1n) is 5.97. The summed E-state index contributed by atoms with van der Waals surface area (Å²) in [6, 6.07) is 0.239. The highest BCUT2D eigenvalue weighted by Crippen LogP contribution is 2.13. The Labute approximate surface area is 98.9 Å². The number of nitrogens with one attached hydrogen (secondary N) is 1. The van der Waals surface area contributed by atoms with E-state index in [1.165, 1.54) is 0 Å². The van der Waals surface area contributed by atoms with E-state index in [9.17, 15) is 4.79 Å². The molecule has 0 heterocycles. The minimum absolute atomic E-state index is 0.234. The fraction of sp³-hybridized carbons (Fsp3) is 0.917. The predicted octanol–water partition coefficient (Wildman–Crippen LogP) is 1.43. The second-order valence-electron chi connectivity index (χ2n) is 5.02. The van der Waals surface area contributed by atoms with Crippen molar-refractivity contribution in [3.8, 4) is 0 Å². The van der Waals surface area contributed by atoms with E-state index in [4.69, 9.17) is 10.5 Å². The third-order valence-corrected chi connectivity index (χ3v) is 2.42. The molecule has 0 fully saturated rings. The van der Waals surface area contributed by atoms with Crippen LogP contribution < -0.4 is 11.1 Å². The van der Waals surface area contributed by atoms with Crippen LogP contribution in [0.4, 0.5) is 0 Å². The first-order valence-corrected chi connectivity index (χ1v) is 5.97. The highest BCUT2D eigenvalue weighted by molar-refractivity contribution is 5.84. The van der Waals surface area contributed by atoms with Crippen LogP contribution in [0.25, 0.3) is 0 Å². The summed E-state index contributed by atoms with van der Waals surface area (Å²) in [6.07, 6.45) is 1.77. The van der Waals surface area contributed by atoms with Crippen LogP contribution in [0.2, 0.25) is 0 Å². The summed E-state index contributed by atoms with van der Waals surface area (Å²) in [5.41, 5.74) is 4.79. The second kappa shape index (κ2) is 6.86. The highest BCUT2D eigenvalue weighted by Gasteiger charge is 2.30. The molecule has 1 unspecified atom stereocenters. The van der Waals surface area contributed by atoms with Gasteiger partial charge in [0.2, 0.25) is 5.91 Å². The topological polar surface area (TPSA) is 64.3 Å². The van der Waals surface area contributed by atoms with Gasteiger partial charge in [0.05, 0.1) is 11.6 Å². The Morgan fingerprint density at radius 3 is 2.31 bits per heavy atom. The molecule has 16 heavy (non-hydrogen) atoms. The average molecular weight is 230 g/mol. The summed E-state index contributed by atoms with van der Waals surface area (Å²) >= 11 is 0. The Kier molecular flexibility index (Phi) is 6.60. The van der Waals surface area contributed by atoms with Crippen LogP contribution in [0.1, 0.15) is 47.5 Å². The molecule has 0 saturated carbocycles. The molecule has 0 aliphatic carbocycles. The number of hydrogen-bond acceptors (Lipinski definition) is 3. The summed E-state index contributed by atoms with van der Waals surface area (Å²) in [5, 5.41) is 3.21. The van der Waals surface area contributed by atoms with Crippen molar-refractivity contribution in [3.05, 3.63) is 0 Å². The van der Waals surface area contributed by atoms with Gasteiger partial charge in [0.15, 0.2) is 0 Å². The van der Waals surface area contributed by atoms with Gasteiger partial charge < -0.3 is 15.8 Å². The summed E-state index contributed by atoms with van der Waals surface area (Å²) in [7, 11) is 0. The van der Waals surface area contributed by atoms with Crippen molar-refractivity contribution >= 4 is 5.91 Å². The predicted molar refractivity (Wildman–Crippen MR) is 66.2 cm³/mol. The summed E-state index contributed by atoms with van der Waals surface area (Å²) in [6.45, 7) is 10.5. The maximum atomic E-state index is 11.4. The van der Waals surface area contributed by atoms with Crippen LogP contribution in [0.15, 0.2) is 0 Å². The van der Waals surface area contributed by atoms with E-state index in [2.05, 4.69) is 5.32 Å². The number of carbonyl (C=O) groups excluding carboxylic acids is 1. The Balaban J connectivity index is 4.08. The average Bonchev–Trinajstić information content (AvgIpc) is 2.10. The van der Waals surface area contributed by atoms with E-state index in [1.807, 2.05) is 34.6 Å². The van der Waals surface area contributed by atoms with Crippen LogP contribution in [0.5, 0.6) is 0 Å². The molecular formula is C12H26N2O2. The van der Waals surface area contributed by atoms with Crippen LogP contribution in [-0.2, 0) is 9.53 Å². The van der Waals surface area contributed by atoms with Gasteiger partial charge in [-0.05, 0) is 47.5 Å². The molecule has 0 bridgehead atoms. The molecule has 4 nitrogen and oxygen atoms in total. The number of hydrogen-bond donors (Lipinski definition) is 2. The molecule has 0 saturated heterocycles. The van der Waals surface area contributed by atoms with Gasteiger partial charge in [-0.25, -0.2) is 0 Å².